The van der Waals surface area contributed by atoms with Crippen LogP contribution in [0.15, 0.2) is 0 Å². The number of carbonyl (C=O) groups excluding carboxylic acids is 1. The first-order valence-electron chi connectivity index (χ1n) is 3.73. The minimum Gasteiger partial charge on any atom is -0.465 e. The van der Waals surface area contributed by atoms with Gasteiger partial charge in [0.1, 0.15) is 13.0 Å². The Morgan fingerprint density at radius 3 is 2.54 bits per heavy atom. The van der Waals surface area contributed by atoms with E-state index in [0.29, 0.717) is 6.29 Å². The van der Waals surface area contributed by atoms with Crippen molar-refractivity contribution in [2.75, 3.05) is 20.8 Å². The van der Waals surface area contributed by atoms with Gasteiger partial charge in [-0.15, -0.1) is 0 Å². The highest BCUT2D eigenvalue weighted by Gasteiger charge is 2.19. The minimum absolute atomic E-state index is 0.0335. The molecule has 1 N–H and O–H groups in total. The van der Waals surface area contributed by atoms with Crippen LogP contribution in [0, 0.1) is 0 Å². The highest BCUT2D eigenvalue weighted by molar-refractivity contribution is 5.71. The molecule has 0 aromatic heterocycles. The van der Waals surface area contributed by atoms with E-state index in [2.05, 4.69) is 0 Å². The molecule has 1 unspecified atom stereocenters. The van der Waals surface area contributed by atoms with Crippen molar-refractivity contribution in [1.82, 2.24) is 9.96 Å². The fraction of sp³-hybridized carbons (Fsp3) is 0.714. The molecule has 0 aliphatic rings. The number of aldehydes is 1. The van der Waals surface area contributed by atoms with Crippen molar-refractivity contribution in [1.29, 1.82) is 0 Å². The number of rotatable bonds is 5. The molecule has 0 aliphatic carbocycles. The van der Waals surface area contributed by atoms with E-state index in [-0.39, 0.29) is 6.67 Å². The highest BCUT2D eigenvalue weighted by atomic mass is 16.7. The standard InChI is InChI=1S/C7H14N2O4/c1-6(4-10)9(7(11)12)5-8(2)13-3/h4,6H,5H2,1-3H3,(H,11,12). The van der Waals surface area contributed by atoms with Gasteiger partial charge in [-0.1, -0.05) is 0 Å². The SMILES string of the molecule is CON(C)CN(C(=O)O)C(C)C=O. The summed E-state index contributed by atoms with van der Waals surface area (Å²) in [5, 5.41) is 10.0. The Balaban J connectivity index is 4.25. The van der Waals surface area contributed by atoms with Crippen molar-refractivity contribution in [3.8, 4) is 0 Å². The lowest BCUT2D eigenvalue weighted by Gasteiger charge is -2.26. The van der Waals surface area contributed by atoms with Crippen LogP contribution in [0.3, 0.4) is 0 Å². The maximum Gasteiger partial charge on any atom is 0.409 e. The molecule has 0 spiro atoms. The van der Waals surface area contributed by atoms with Gasteiger partial charge < -0.3 is 14.7 Å². The molecule has 1 amide bonds. The van der Waals surface area contributed by atoms with Crippen LogP contribution in [-0.2, 0) is 9.63 Å². The average Bonchev–Trinajstić information content (AvgIpc) is 2.11. The molecule has 0 radical (unpaired) electrons. The van der Waals surface area contributed by atoms with Gasteiger partial charge in [0, 0.05) is 7.05 Å². The molecule has 76 valence electrons. The average molecular weight is 190 g/mol. The molecule has 0 aliphatic heterocycles. The van der Waals surface area contributed by atoms with Crippen LogP contribution < -0.4 is 0 Å². The molecule has 6 nitrogen and oxygen atoms in total. The second-order valence-electron chi connectivity index (χ2n) is 2.58. The molecule has 6 heteroatoms. The van der Waals surface area contributed by atoms with Gasteiger partial charge >= 0.3 is 6.09 Å². The van der Waals surface area contributed by atoms with Crippen LogP contribution in [0.25, 0.3) is 0 Å². The first-order valence-corrected chi connectivity index (χ1v) is 3.73. The van der Waals surface area contributed by atoms with E-state index >= 15 is 0 Å². The zero-order valence-corrected chi connectivity index (χ0v) is 7.93. The zero-order valence-electron chi connectivity index (χ0n) is 7.93. The summed E-state index contributed by atoms with van der Waals surface area (Å²) >= 11 is 0. The molecule has 0 bridgehead atoms. The Hall–Kier alpha value is -1.14. The van der Waals surface area contributed by atoms with E-state index in [0.717, 1.165) is 4.90 Å². The van der Waals surface area contributed by atoms with Gasteiger partial charge in [0.05, 0.1) is 13.2 Å². The first kappa shape index (κ1) is 11.9. The highest BCUT2D eigenvalue weighted by Crippen LogP contribution is 1.98. The van der Waals surface area contributed by atoms with Crippen molar-refractivity contribution in [2.45, 2.75) is 13.0 Å². The molecular formula is C7H14N2O4. The third-order valence-corrected chi connectivity index (χ3v) is 1.60. The number of carbonyl (C=O) groups is 2. The summed E-state index contributed by atoms with van der Waals surface area (Å²) in [6.45, 7) is 1.54. The van der Waals surface area contributed by atoms with E-state index < -0.39 is 12.1 Å². The lowest BCUT2D eigenvalue weighted by Crippen LogP contribution is -2.44. The minimum atomic E-state index is -1.15. The summed E-state index contributed by atoms with van der Waals surface area (Å²) in [5.74, 6) is 0. The van der Waals surface area contributed by atoms with Gasteiger partial charge in [-0.25, -0.2) is 4.79 Å². The summed E-state index contributed by atoms with van der Waals surface area (Å²) in [6, 6.07) is -0.671. The quantitative estimate of drug-likeness (QED) is 0.375. The first-order chi connectivity index (χ1) is 6.02. The predicted molar refractivity (Wildman–Crippen MR) is 45.0 cm³/mol. The van der Waals surface area contributed by atoms with E-state index in [1.165, 1.54) is 19.1 Å². The molecular weight excluding hydrogens is 176 g/mol. The largest absolute Gasteiger partial charge is 0.465 e. The summed E-state index contributed by atoms with van der Waals surface area (Å²) in [7, 11) is 3.00. The van der Waals surface area contributed by atoms with Gasteiger partial charge in [-0.3, -0.25) is 4.90 Å². The van der Waals surface area contributed by atoms with Crippen LogP contribution in [-0.4, -0.2) is 54.3 Å². The van der Waals surface area contributed by atoms with Crippen molar-refractivity contribution >= 4 is 12.4 Å². The fourth-order valence-electron chi connectivity index (χ4n) is 0.709. The van der Waals surface area contributed by atoms with Gasteiger partial charge in [0.2, 0.25) is 0 Å². The van der Waals surface area contributed by atoms with Crippen molar-refractivity contribution in [3.05, 3.63) is 0 Å². The van der Waals surface area contributed by atoms with Gasteiger partial charge in [-0.2, -0.15) is 5.06 Å². The monoisotopic (exact) mass is 190 g/mol. The van der Waals surface area contributed by atoms with Crippen LogP contribution in [0.4, 0.5) is 4.79 Å². The Bertz CT molecular complexity index is 185. The number of carboxylic acid groups (broad SMARTS) is 1. The van der Waals surface area contributed by atoms with Crippen molar-refractivity contribution in [2.24, 2.45) is 0 Å². The van der Waals surface area contributed by atoms with Crippen LogP contribution in [0.5, 0.6) is 0 Å². The summed E-state index contributed by atoms with van der Waals surface area (Å²) in [6.07, 6.45) is -0.582. The Morgan fingerprint density at radius 1 is 1.69 bits per heavy atom. The molecule has 0 saturated heterocycles. The van der Waals surface area contributed by atoms with E-state index in [1.54, 1.807) is 7.05 Å². The van der Waals surface area contributed by atoms with Crippen molar-refractivity contribution in [3.63, 3.8) is 0 Å². The Kier molecular flexibility index (Phi) is 5.01. The third kappa shape index (κ3) is 3.86. The van der Waals surface area contributed by atoms with E-state index in [1.807, 2.05) is 0 Å². The van der Waals surface area contributed by atoms with Crippen LogP contribution in [0.1, 0.15) is 6.92 Å². The zero-order chi connectivity index (χ0) is 10.4. The maximum absolute atomic E-state index is 10.6. The summed E-state index contributed by atoms with van der Waals surface area (Å²) in [5.41, 5.74) is 0. The lowest BCUT2D eigenvalue weighted by molar-refractivity contribution is -0.140. The second-order valence-corrected chi connectivity index (χ2v) is 2.58. The number of nitrogens with zero attached hydrogens (tertiary/aromatic N) is 2. The molecule has 0 rings (SSSR count). The Morgan fingerprint density at radius 2 is 2.23 bits per heavy atom. The van der Waals surface area contributed by atoms with Crippen LogP contribution in [0.2, 0.25) is 0 Å². The molecule has 1 atom stereocenters. The van der Waals surface area contributed by atoms with Crippen molar-refractivity contribution < 1.29 is 19.5 Å². The molecule has 0 aromatic rings. The third-order valence-electron chi connectivity index (χ3n) is 1.60. The maximum atomic E-state index is 10.6. The molecule has 0 fully saturated rings. The molecule has 0 aromatic carbocycles. The van der Waals surface area contributed by atoms with Crippen LogP contribution >= 0.6 is 0 Å². The predicted octanol–water partition coefficient (Wildman–Crippen LogP) is 0.00450. The number of hydroxylamine groups is 2. The van der Waals surface area contributed by atoms with E-state index in [4.69, 9.17) is 9.94 Å². The molecule has 0 heterocycles. The summed E-state index contributed by atoms with van der Waals surface area (Å²) in [4.78, 5) is 26.7. The second kappa shape index (κ2) is 5.50. The van der Waals surface area contributed by atoms with Gasteiger partial charge in [0.25, 0.3) is 0 Å². The topological polar surface area (TPSA) is 70.1 Å². The van der Waals surface area contributed by atoms with Gasteiger partial charge in [0.15, 0.2) is 0 Å². The molecule has 13 heavy (non-hydrogen) atoms. The summed E-state index contributed by atoms with van der Waals surface area (Å²) < 4.78 is 0. The lowest BCUT2D eigenvalue weighted by atomic mass is 10.3. The van der Waals surface area contributed by atoms with Gasteiger partial charge in [-0.05, 0) is 6.92 Å². The molecule has 0 saturated carbocycles. The number of amides is 1. The normalized spacial score (nSPS) is 12.6. The fourth-order valence-corrected chi connectivity index (χ4v) is 0.709. The number of hydrogen-bond acceptors (Lipinski definition) is 4. The Labute approximate surface area is 76.6 Å². The smallest absolute Gasteiger partial charge is 0.409 e. The van der Waals surface area contributed by atoms with E-state index in [9.17, 15) is 9.59 Å². The number of hydrogen-bond donors (Lipinski definition) is 1.